The standard InChI is InChI=1S/C46H39N3O9/c1-55-25-26-57-45(54)48-36-24-17-29(14-13-28-15-22-34(56-2)23-16-28)27-35(36)46(44(48)53)37(42(47)51)39-43(52)58-40(31-11-7-4-8-12-31)38(30-9-5-3-6-10-30)49(39)41(46)32-18-20-33(50)21-19-32/h3-12,15-24,27,37-41,50H,25-26H2,1-2H3,(H2,47,51)/t37-,38-,39-,40+,41+,46-/m0/s1. The van der Waals surface area contributed by atoms with Gasteiger partial charge in [0.1, 0.15) is 35.7 Å². The number of hydrogen-bond acceptors (Lipinski definition) is 10. The largest absolute Gasteiger partial charge is 0.508 e. The Labute approximate surface area is 334 Å². The van der Waals surface area contributed by atoms with Crippen LogP contribution in [0.5, 0.6) is 11.5 Å². The van der Waals surface area contributed by atoms with E-state index in [-0.39, 0.29) is 30.2 Å². The van der Waals surface area contributed by atoms with E-state index in [0.29, 0.717) is 28.0 Å². The second kappa shape index (κ2) is 15.5. The van der Waals surface area contributed by atoms with E-state index in [1.807, 2.05) is 65.6 Å². The highest BCUT2D eigenvalue weighted by Gasteiger charge is 2.75. The van der Waals surface area contributed by atoms with E-state index in [4.69, 9.17) is 24.7 Å². The quantitative estimate of drug-likeness (QED) is 0.113. The van der Waals surface area contributed by atoms with Crippen molar-refractivity contribution < 1.29 is 43.2 Å². The molecule has 3 heterocycles. The summed E-state index contributed by atoms with van der Waals surface area (Å²) in [6, 6.07) is 33.6. The molecule has 0 saturated carbocycles. The number of cyclic esters (lactones) is 1. The molecule has 5 aromatic rings. The highest BCUT2D eigenvalue weighted by molar-refractivity contribution is 6.23. The number of benzene rings is 5. The Morgan fingerprint density at radius 2 is 1.41 bits per heavy atom. The van der Waals surface area contributed by atoms with Crippen LogP contribution in [0, 0.1) is 17.8 Å². The fourth-order valence-electron chi connectivity index (χ4n) is 8.75. The first-order valence-corrected chi connectivity index (χ1v) is 18.7. The molecule has 292 valence electrons. The monoisotopic (exact) mass is 777 g/mol. The minimum atomic E-state index is -2.03. The number of aromatic hydroxyl groups is 1. The van der Waals surface area contributed by atoms with Gasteiger partial charge in [0.05, 0.1) is 37.4 Å². The van der Waals surface area contributed by atoms with Crippen molar-refractivity contribution >= 4 is 29.6 Å². The molecule has 0 radical (unpaired) electrons. The molecule has 3 amide bonds. The smallest absolute Gasteiger partial charge is 0.421 e. The lowest BCUT2D eigenvalue weighted by Gasteiger charge is -2.46. The molecule has 12 nitrogen and oxygen atoms in total. The first-order valence-electron chi connectivity index (χ1n) is 18.7. The van der Waals surface area contributed by atoms with Crippen LogP contribution >= 0.6 is 0 Å². The second-order valence-electron chi connectivity index (χ2n) is 14.2. The molecule has 8 rings (SSSR count). The van der Waals surface area contributed by atoms with Crippen molar-refractivity contribution in [3.05, 3.63) is 161 Å². The maximum absolute atomic E-state index is 15.7. The van der Waals surface area contributed by atoms with Crippen LogP contribution in [0.3, 0.4) is 0 Å². The minimum Gasteiger partial charge on any atom is -0.508 e. The number of phenolic OH excluding ortho intramolecular Hbond substituents is 1. The molecule has 2 fully saturated rings. The van der Waals surface area contributed by atoms with Crippen LogP contribution in [0.1, 0.15) is 51.6 Å². The van der Waals surface area contributed by atoms with Crippen LogP contribution in [0.25, 0.3) is 0 Å². The minimum absolute atomic E-state index is 0.0452. The number of imide groups is 1. The number of hydrogen-bond donors (Lipinski definition) is 2. The number of phenols is 1. The van der Waals surface area contributed by atoms with Gasteiger partial charge in [-0.15, -0.1) is 0 Å². The molecule has 3 aliphatic rings. The lowest BCUT2D eigenvalue weighted by atomic mass is 9.65. The summed E-state index contributed by atoms with van der Waals surface area (Å²) < 4.78 is 22.3. The zero-order valence-electron chi connectivity index (χ0n) is 31.6. The number of rotatable bonds is 8. The second-order valence-corrected chi connectivity index (χ2v) is 14.2. The predicted molar refractivity (Wildman–Crippen MR) is 211 cm³/mol. The van der Waals surface area contributed by atoms with Crippen molar-refractivity contribution in [2.24, 2.45) is 11.7 Å². The Balaban J connectivity index is 1.41. The number of amides is 3. The molecule has 3 aliphatic heterocycles. The maximum atomic E-state index is 15.7. The summed E-state index contributed by atoms with van der Waals surface area (Å²) in [6.07, 6.45) is -1.90. The molecule has 3 N–H and O–H groups in total. The van der Waals surface area contributed by atoms with Crippen LogP contribution in [-0.4, -0.2) is 67.4 Å². The van der Waals surface area contributed by atoms with Crippen LogP contribution < -0.4 is 15.4 Å². The number of esters is 1. The molecule has 6 atom stereocenters. The van der Waals surface area contributed by atoms with Gasteiger partial charge >= 0.3 is 12.1 Å². The molecule has 0 aliphatic carbocycles. The number of methoxy groups -OCH3 is 2. The third-order valence-electron chi connectivity index (χ3n) is 11.1. The van der Waals surface area contributed by atoms with Gasteiger partial charge in [-0.1, -0.05) is 84.6 Å². The number of carbonyl (C=O) groups excluding carboxylic acids is 4. The first-order chi connectivity index (χ1) is 28.2. The number of primary amides is 1. The van der Waals surface area contributed by atoms with E-state index < -0.39 is 59.4 Å². The van der Waals surface area contributed by atoms with E-state index in [0.717, 1.165) is 10.5 Å². The van der Waals surface area contributed by atoms with Crippen molar-refractivity contribution in [3.63, 3.8) is 0 Å². The highest BCUT2D eigenvalue weighted by Crippen LogP contribution is 2.65. The number of fused-ring (bicyclic) bond motifs is 3. The van der Waals surface area contributed by atoms with E-state index >= 15 is 4.79 Å². The third kappa shape index (κ3) is 6.31. The van der Waals surface area contributed by atoms with Gasteiger partial charge < -0.3 is 29.8 Å². The van der Waals surface area contributed by atoms with Gasteiger partial charge in [-0.05, 0) is 76.9 Å². The molecule has 0 aromatic heterocycles. The Hall–Kier alpha value is -6.94. The highest BCUT2D eigenvalue weighted by atomic mass is 16.6. The average molecular weight is 778 g/mol. The lowest BCUT2D eigenvalue weighted by molar-refractivity contribution is -0.178. The number of nitrogens with two attached hydrogens (primary N) is 1. The van der Waals surface area contributed by atoms with E-state index in [1.54, 1.807) is 61.7 Å². The molecule has 5 aromatic carbocycles. The number of morpholine rings is 1. The molecule has 2 saturated heterocycles. The van der Waals surface area contributed by atoms with Gasteiger partial charge in [0.25, 0.3) is 0 Å². The Bertz CT molecular complexity index is 2430. The Morgan fingerprint density at radius 3 is 2.05 bits per heavy atom. The SMILES string of the molecule is COCCOC(=O)N1C(=O)[C@@]2(c3cc(C#Cc4ccc(OC)cc4)ccc31)[C@H](C(N)=O)[C@H]1C(=O)O[C@H](c3ccccc3)[C@H](c3ccccc3)N1[C@@H]2c1ccc(O)cc1. The zero-order valence-corrected chi connectivity index (χ0v) is 31.6. The van der Waals surface area contributed by atoms with Gasteiger partial charge in [0.2, 0.25) is 11.8 Å². The zero-order chi connectivity index (χ0) is 40.6. The normalized spacial score (nSPS) is 23.3. The van der Waals surface area contributed by atoms with Crippen molar-refractivity contribution in [2.75, 3.05) is 32.3 Å². The summed E-state index contributed by atoms with van der Waals surface area (Å²) >= 11 is 0. The summed E-state index contributed by atoms with van der Waals surface area (Å²) in [6.45, 7) is -0.101. The number of carbonyl (C=O) groups is 4. The van der Waals surface area contributed by atoms with Crippen molar-refractivity contribution in [3.8, 4) is 23.3 Å². The van der Waals surface area contributed by atoms with Gasteiger partial charge in [0.15, 0.2) is 0 Å². The van der Waals surface area contributed by atoms with Gasteiger partial charge in [0, 0.05) is 18.2 Å². The van der Waals surface area contributed by atoms with E-state index in [2.05, 4.69) is 11.8 Å². The lowest BCUT2D eigenvalue weighted by Crippen LogP contribution is -2.55. The molecular formula is C46H39N3O9. The fraction of sp³-hybridized carbons (Fsp3) is 0.217. The number of nitrogens with zero attached hydrogens (tertiary/aromatic N) is 2. The topological polar surface area (TPSA) is 158 Å². The van der Waals surface area contributed by atoms with Gasteiger partial charge in [-0.25, -0.2) is 9.69 Å². The molecule has 0 unspecified atom stereocenters. The van der Waals surface area contributed by atoms with Crippen LogP contribution in [0.4, 0.5) is 10.5 Å². The predicted octanol–water partition coefficient (Wildman–Crippen LogP) is 5.73. The summed E-state index contributed by atoms with van der Waals surface area (Å²) in [4.78, 5) is 61.6. The number of anilines is 1. The summed E-state index contributed by atoms with van der Waals surface area (Å²) in [5, 5.41) is 10.5. The maximum Gasteiger partial charge on any atom is 0.421 e. The van der Waals surface area contributed by atoms with Crippen LogP contribution in [0.2, 0.25) is 0 Å². The van der Waals surface area contributed by atoms with Crippen LogP contribution in [-0.2, 0) is 34.0 Å². The molecular weight excluding hydrogens is 739 g/mol. The molecule has 1 spiro atoms. The Morgan fingerprint density at radius 1 is 0.776 bits per heavy atom. The van der Waals surface area contributed by atoms with Gasteiger partial charge in [-0.3, -0.25) is 19.3 Å². The average Bonchev–Trinajstić information content (AvgIpc) is 3.70. The summed E-state index contributed by atoms with van der Waals surface area (Å²) in [5.74, 6) is 2.81. The van der Waals surface area contributed by atoms with Crippen LogP contribution in [0.15, 0.2) is 127 Å². The van der Waals surface area contributed by atoms with Crippen molar-refractivity contribution in [2.45, 2.75) is 29.6 Å². The van der Waals surface area contributed by atoms with E-state index in [9.17, 15) is 19.5 Å². The Kier molecular flexibility index (Phi) is 10.2. The molecule has 12 heteroatoms. The van der Waals surface area contributed by atoms with E-state index in [1.165, 1.54) is 19.2 Å². The van der Waals surface area contributed by atoms with Crippen molar-refractivity contribution in [1.82, 2.24) is 4.90 Å². The first kappa shape index (κ1) is 38.0. The molecule has 58 heavy (non-hydrogen) atoms. The van der Waals surface area contributed by atoms with Gasteiger partial charge in [-0.2, -0.15) is 0 Å². The fourth-order valence-corrected chi connectivity index (χ4v) is 8.75. The van der Waals surface area contributed by atoms with Crippen molar-refractivity contribution in [1.29, 1.82) is 0 Å². The third-order valence-corrected chi connectivity index (χ3v) is 11.1. The summed E-state index contributed by atoms with van der Waals surface area (Å²) in [5.41, 5.74) is 7.78. The summed E-state index contributed by atoms with van der Waals surface area (Å²) in [7, 11) is 3.02. The molecule has 0 bridgehead atoms. The number of ether oxygens (including phenoxy) is 4.